The predicted octanol–water partition coefficient (Wildman–Crippen LogP) is 2.29. The van der Waals surface area contributed by atoms with E-state index < -0.39 is 0 Å². The number of halogens is 1. The molecular weight excluding hydrogens is 238 g/mol. The Morgan fingerprint density at radius 2 is 1.94 bits per heavy atom. The minimum absolute atomic E-state index is 0.186. The summed E-state index contributed by atoms with van der Waals surface area (Å²) in [6.45, 7) is 3.99. The molecule has 2 heterocycles. The Kier molecular flexibility index (Phi) is 3.19. The van der Waals surface area contributed by atoms with E-state index >= 15 is 0 Å². The number of pyridine rings is 1. The van der Waals surface area contributed by atoms with E-state index in [1.54, 1.807) is 18.3 Å². The molecule has 0 amide bonds. The molecule has 88 valence electrons. The van der Waals surface area contributed by atoms with Gasteiger partial charge in [0, 0.05) is 12.1 Å². The fourth-order valence-electron chi connectivity index (χ4n) is 1.29. The smallest absolute Gasteiger partial charge is 0.223 e. The van der Waals surface area contributed by atoms with Crippen molar-refractivity contribution >= 4 is 17.5 Å². The van der Waals surface area contributed by atoms with Crippen molar-refractivity contribution in [3.8, 4) is 11.5 Å². The minimum atomic E-state index is 0.186. The standard InChI is InChI=1S/C11H12ClN5/c1-6(2)9-15-10(17-11(13)16-9)8-4-3-7(12)5-14-8/h3-6H,1-2H3,(H2,13,15,16,17). The summed E-state index contributed by atoms with van der Waals surface area (Å²) in [4.78, 5) is 16.6. The summed E-state index contributed by atoms with van der Waals surface area (Å²) >= 11 is 5.77. The van der Waals surface area contributed by atoms with Crippen molar-refractivity contribution in [2.45, 2.75) is 19.8 Å². The summed E-state index contributed by atoms with van der Waals surface area (Å²) in [5.41, 5.74) is 6.28. The lowest BCUT2D eigenvalue weighted by atomic mass is 10.2. The van der Waals surface area contributed by atoms with Crippen molar-refractivity contribution in [3.05, 3.63) is 29.2 Å². The zero-order valence-electron chi connectivity index (χ0n) is 9.55. The van der Waals surface area contributed by atoms with E-state index in [9.17, 15) is 0 Å². The van der Waals surface area contributed by atoms with Crippen molar-refractivity contribution in [2.24, 2.45) is 0 Å². The number of rotatable bonds is 2. The average molecular weight is 250 g/mol. The number of hydrogen-bond acceptors (Lipinski definition) is 5. The zero-order valence-corrected chi connectivity index (χ0v) is 10.3. The molecule has 2 N–H and O–H groups in total. The monoisotopic (exact) mass is 249 g/mol. The Balaban J connectivity index is 2.48. The van der Waals surface area contributed by atoms with Gasteiger partial charge >= 0.3 is 0 Å². The summed E-state index contributed by atoms with van der Waals surface area (Å²) in [6.07, 6.45) is 1.55. The Bertz CT molecular complexity index is 524. The van der Waals surface area contributed by atoms with E-state index in [1.165, 1.54) is 0 Å². The van der Waals surface area contributed by atoms with Crippen molar-refractivity contribution in [1.82, 2.24) is 19.9 Å². The van der Waals surface area contributed by atoms with Crippen LogP contribution in [0, 0.1) is 0 Å². The predicted molar refractivity (Wildman–Crippen MR) is 66.6 cm³/mol. The number of nitrogens with zero attached hydrogens (tertiary/aromatic N) is 4. The van der Waals surface area contributed by atoms with Gasteiger partial charge in [-0.15, -0.1) is 0 Å². The Labute approximate surface area is 104 Å². The number of aromatic nitrogens is 4. The van der Waals surface area contributed by atoms with Gasteiger partial charge in [-0.3, -0.25) is 4.98 Å². The number of hydrogen-bond donors (Lipinski definition) is 1. The summed E-state index contributed by atoms with van der Waals surface area (Å²) in [6, 6.07) is 3.49. The van der Waals surface area contributed by atoms with Crippen molar-refractivity contribution in [3.63, 3.8) is 0 Å². The lowest BCUT2D eigenvalue weighted by Crippen LogP contribution is -2.06. The first-order chi connectivity index (χ1) is 8.06. The highest BCUT2D eigenvalue weighted by Crippen LogP contribution is 2.17. The second-order valence-electron chi connectivity index (χ2n) is 3.89. The first-order valence-corrected chi connectivity index (χ1v) is 5.57. The van der Waals surface area contributed by atoms with Gasteiger partial charge in [0.1, 0.15) is 11.5 Å². The molecule has 0 aromatic carbocycles. The molecule has 0 bridgehead atoms. The van der Waals surface area contributed by atoms with Crippen molar-refractivity contribution < 1.29 is 0 Å². The number of anilines is 1. The molecule has 2 aromatic rings. The first-order valence-electron chi connectivity index (χ1n) is 5.19. The molecule has 0 radical (unpaired) electrons. The van der Waals surface area contributed by atoms with E-state index in [2.05, 4.69) is 19.9 Å². The third-order valence-electron chi connectivity index (χ3n) is 2.14. The summed E-state index contributed by atoms with van der Waals surface area (Å²) in [5.74, 6) is 1.52. The summed E-state index contributed by atoms with van der Waals surface area (Å²) < 4.78 is 0. The number of nitrogen functional groups attached to an aromatic ring is 1. The normalized spacial score (nSPS) is 10.8. The van der Waals surface area contributed by atoms with Gasteiger partial charge in [0.2, 0.25) is 5.95 Å². The molecule has 0 aliphatic carbocycles. The topological polar surface area (TPSA) is 77.6 Å². The Hall–Kier alpha value is -1.75. The van der Waals surface area contributed by atoms with Crippen LogP contribution in [0.1, 0.15) is 25.6 Å². The van der Waals surface area contributed by atoms with Crippen molar-refractivity contribution in [2.75, 3.05) is 5.73 Å². The molecule has 5 nitrogen and oxygen atoms in total. The van der Waals surface area contributed by atoms with Crippen LogP contribution in [0.25, 0.3) is 11.5 Å². The molecule has 2 rings (SSSR count). The van der Waals surface area contributed by atoms with Crippen LogP contribution >= 0.6 is 11.6 Å². The van der Waals surface area contributed by atoms with E-state index in [0.29, 0.717) is 22.4 Å². The maximum Gasteiger partial charge on any atom is 0.223 e. The Morgan fingerprint density at radius 1 is 1.18 bits per heavy atom. The second kappa shape index (κ2) is 4.63. The maximum atomic E-state index is 5.77. The lowest BCUT2D eigenvalue weighted by molar-refractivity contribution is 0.766. The molecule has 0 aliphatic rings. The van der Waals surface area contributed by atoms with Gasteiger partial charge in [-0.1, -0.05) is 25.4 Å². The lowest BCUT2D eigenvalue weighted by Gasteiger charge is -2.06. The van der Waals surface area contributed by atoms with E-state index in [4.69, 9.17) is 17.3 Å². The van der Waals surface area contributed by atoms with Gasteiger partial charge in [0.25, 0.3) is 0 Å². The van der Waals surface area contributed by atoms with Crippen LogP contribution in [0.4, 0.5) is 5.95 Å². The van der Waals surface area contributed by atoms with Crippen LogP contribution in [0.15, 0.2) is 18.3 Å². The largest absolute Gasteiger partial charge is 0.368 e. The highest BCUT2D eigenvalue weighted by atomic mass is 35.5. The zero-order chi connectivity index (χ0) is 12.4. The van der Waals surface area contributed by atoms with Crippen LogP contribution in [0.3, 0.4) is 0 Å². The molecule has 0 unspecified atom stereocenters. The van der Waals surface area contributed by atoms with Gasteiger partial charge in [0.15, 0.2) is 5.82 Å². The fraction of sp³-hybridized carbons (Fsp3) is 0.273. The average Bonchev–Trinajstić information content (AvgIpc) is 2.29. The van der Waals surface area contributed by atoms with Crippen LogP contribution in [-0.2, 0) is 0 Å². The SMILES string of the molecule is CC(C)c1nc(N)nc(-c2ccc(Cl)cn2)n1. The number of nitrogens with two attached hydrogens (primary N) is 1. The maximum absolute atomic E-state index is 5.77. The molecule has 0 atom stereocenters. The summed E-state index contributed by atoms with van der Waals surface area (Å²) in [7, 11) is 0. The molecule has 17 heavy (non-hydrogen) atoms. The van der Waals surface area contributed by atoms with Crippen molar-refractivity contribution in [1.29, 1.82) is 0 Å². The van der Waals surface area contributed by atoms with Gasteiger partial charge in [0.05, 0.1) is 5.02 Å². The second-order valence-corrected chi connectivity index (χ2v) is 4.33. The van der Waals surface area contributed by atoms with E-state index in [1.807, 2.05) is 13.8 Å². The van der Waals surface area contributed by atoms with Gasteiger partial charge < -0.3 is 5.73 Å². The highest BCUT2D eigenvalue weighted by Gasteiger charge is 2.10. The third kappa shape index (κ3) is 2.68. The molecular formula is C11H12ClN5. The molecule has 2 aromatic heterocycles. The van der Waals surface area contributed by atoms with Gasteiger partial charge in [-0.2, -0.15) is 9.97 Å². The van der Waals surface area contributed by atoms with Gasteiger partial charge in [-0.25, -0.2) is 4.98 Å². The first kappa shape index (κ1) is 11.7. The fourth-order valence-corrected chi connectivity index (χ4v) is 1.40. The molecule has 0 aliphatic heterocycles. The molecule has 6 heteroatoms. The Morgan fingerprint density at radius 3 is 2.53 bits per heavy atom. The quantitative estimate of drug-likeness (QED) is 0.884. The van der Waals surface area contributed by atoms with Crippen LogP contribution in [0.5, 0.6) is 0 Å². The molecule has 0 saturated heterocycles. The van der Waals surface area contributed by atoms with Crippen LogP contribution in [-0.4, -0.2) is 19.9 Å². The van der Waals surface area contributed by atoms with Crippen LogP contribution < -0.4 is 5.73 Å². The van der Waals surface area contributed by atoms with E-state index in [0.717, 1.165) is 0 Å². The molecule has 0 saturated carbocycles. The van der Waals surface area contributed by atoms with E-state index in [-0.39, 0.29) is 11.9 Å². The van der Waals surface area contributed by atoms with Gasteiger partial charge in [-0.05, 0) is 12.1 Å². The molecule has 0 fully saturated rings. The third-order valence-corrected chi connectivity index (χ3v) is 2.37. The molecule has 0 spiro atoms. The highest BCUT2D eigenvalue weighted by molar-refractivity contribution is 6.30. The minimum Gasteiger partial charge on any atom is -0.368 e. The van der Waals surface area contributed by atoms with Crippen LogP contribution in [0.2, 0.25) is 5.02 Å². The summed E-state index contributed by atoms with van der Waals surface area (Å²) in [5, 5.41) is 0.569.